The van der Waals surface area contributed by atoms with Crippen LogP contribution < -0.4 is 5.32 Å². The molecule has 0 radical (unpaired) electrons. The molecule has 106 valence electrons. The van der Waals surface area contributed by atoms with Crippen molar-refractivity contribution in [3.63, 3.8) is 0 Å². The van der Waals surface area contributed by atoms with Crippen molar-refractivity contribution in [1.82, 2.24) is 10.3 Å². The molecule has 2 N–H and O–H groups in total. The Hall–Kier alpha value is -1.77. The second-order valence-corrected chi connectivity index (χ2v) is 6.40. The van der Waals surface area contributed by atoms with Crippen LogP contribution in [0.1, 0.15) is 37.1 Å². The van der Waals surface area contributed by atoms with Gasteiger partial charge in [0.15, 0.2) is 0 Å². The van der Waals surface area contributed by atoms with E-state index in [-0.39, 0.29) is 11.9 Å². The summed E-state index contributed by atoms with van der Waals surface area (Å²) < 4.78 is 0. The summed E-state index contributed by atoms with van der Waals surface area (Å²) in [5, 5.41) is 4.48. The van der Waals surface area contributed by atoms with Crippen molar-refractivity contribution in [2.75, 3.05) is 0 Å². The number of aromatic amines is 1. The van der Waals surface area contributed by atoms with E-state index in [2.05, 4.69) is 49.3 Å². The highest BCUT2D eigenvalue weighted by atomic mass is 16.1. The van der Waals surface area contributed by atoms with Gasteiger partial charge in [0.25, 0.3) is 0 Å². The molecule has 0 fully saturated rings. The van der Waals surface area contributed by atoms with Crippen LogP contribution in [0.2, 0.25) is 0 Å². The lowest BCUT2D eigenvalue weighted by Crippen LogP contribution is -2.36. The predicted molar refractivity (Wildman–Crippen MR) is 81.8 cm³/mol. The first-order valence-electron chi connectivity index (χ1n) is 7.42. The molecule has 3 rings (SSSR count). The second kappa shape index (κ2) is 4.97. The molecule has 0 saturated heterocycles. The molecule has 1 unspecified atom stereocenters. The molecule has 1 heterocycles. The van der Waals surface area contributed by atoms with E-state index in [9.17, 15) is 4.79 Å². The average molecular weight is 270 g/mol. The number of rotatable bonds is 3. The number of hydrogen-bond acceptors (Lipinski definition) is 1. The summed E-state index contributed by atoms with van der Waals surface area (Å²) in [6.45, 7) is 6.27. The van der Waals surface area contributed by atoms with E-state index in [0.29, 0.717) is 12.3 Å². The molecule has 20 heavy (non-hydrogen) atoms. The minimum absolute atomic E-state index is 0.177. The van der Waals surface area contributed by atoms with Gasteiger partial charge < -0.3 is 10.3 Å². The van der Waals surface area contributed by atoms with Crippen LogP contribution in [-0.2, 0) is 17.6 Å². The number of carbonyl (C=O) groups is 1. The maximum absolute atomic E-state index is 11.9. The fourth-order valence-corrected chi connectivity index (χ4v) is 3.15. The number of nitrogens with one attached hydrogen (secondary N) is 2. The molecule has 1 aromatic carbocycles. The molecule has 1 atom stereocenters. The van der Waals surface area contributed by atoms with Gasteiger partial charge in [0.05, 0.1) is 0 Å². The van der Waals surface area contributed by atoms with Gasteiger partial charge in [0.2, 0.25) is 5.91 Å². The third-order valence-electron chi connectivity index (χ3n) is 4.01. The highest BCUT2D eigenvalue weighted by molar-refractivity contribution is 5.86. The zero-order valence-corrected chi connectivity index (χ0v) is 12.4. The second-order valence-electron chi connectivity index (χ2n) is 6.40. The quantitative estimate of drug-likeness (QED) is 0.884. The maximum Gasteiger partial charge on any atom is 0.220 e. The fourth-order valence-electron chi connectivity index (χ4n) is 3.15. The van der Waals surface area contributed by atoms with Gasteiger partial charge in [-0.2, -0.15) is 0 Å². The van der Waals surface area contributed by atoms with Gasteiger partial charge in [-0.1, -0.05) is 25.5 Å². The molecular weight excluding hydrogens is 248 g/mol. The van der Waals surface area contributed by atoms with E-state index < -0.39 is 0 Å². The van der Waals surface area contributed by atoms with Crippen LogP contribution >= 0.6 is 0 Å². The lowest BCUT2D eigenvalue weighted by Gasteiger charge is -2.13. The first kappa shape index (κ1) is 13.2. The molecule has 0 aliphatic heterocycles. The highest BCUT2D eigenvalue weighted by Gasteiger charge is 2.26. The maximum atomic E-state index is 11.9. The third-order valence-corrected chi connectivity index (χ3v) is 4.01. The monoisotopic (exact) mass is 270 g/mol. The summed E-state index contributed by atoms with van der Waals surface area (Å²) in [6.07, 6.45) is 2.49. The first-order valence-corrected chi connectivity index (χ1v) is 7.42. The zero-order valence-electron chi connectivity index (χ0n) is 12.4. The Morgan fingerprint density at radius 2 is 2.20 bits per heavy atom. The largest absolute Gasteiger partial charge is 0.358 e. The lowest BCUT2D eigenvalue weighted by molar-refractivity contribution is -0.122. The van der Waals surface area contributed by atoms with Crippen molar-refractivity contribution in [2.45, 2.75) is 46.1 Å². The van der Waals surface area contributed by atoms with E-state index in [0.717, 1.165) is 12.8 Å². The van der Waals surface area contributed by atoms with Crippen LogP contribution in [0.15, 0.2) is 18.2 Å². The number of carbonyl (C=O) groups excluding carboxylic acids is 1. The van der Waals surface area contributed by atoms with Gasteiger partial charge in [0, 0.05) is 35.5 Å². The average Bonchev–Trinajstić information content (AvgIpc) is 2.85. The summed E-state index contributed by atoms with van der Waals surface area (Å²) in [4.78, 5) is 15.4. The van der Waals surface area contributed by atoms with Crippen molar-refractivity contribution in [1.29, 1.82) is 0 Å². The number of benzene rings is 1. The molecule has 0 bridgehead atoms. The van der Waals surface area contributed by atoms with E-state index in [4.69, 9.17) is 0 Å². The Balaban J connectivity index is 1.76. The number of amides is 1. The molecule has 0 spiro atoms. The Labute approximate surface area is 119 Å². The third kappa shape index (κ3) is 2.45. The fraction of sp³-hybridized carbons (Fsp3) is 0.471. The molecule has 0 saturated carbocycles. The summed E-state index contributed by atoms with van der Waals surface area (Å²) in [5.41, 5.74) is 5.18. The van der Waals surface area contributed by atoms with Crippen molar-refractivity contribution in [2.24, 2.45) is 5.92 Å². The molecule has 3 heteroatoms. The molecule has 2 aromatic rings. The van der Waals surface area contributed by atoms with Gasteiger partial charge in [-0.3, -0.25) is 4.79 Å². The van der Waals surface area contributed by atoms with Gasteiger partial charge >= 0.3 is 0 Å². The highest BCUT2D eigenvalue weighted by Crippen LogP contribution is 2.30. The predicted octanol–water partition coefficient (Wildman–Crippen LogP) is 3.11. The van der Waals surface area contributed by atoms with Crippen LogP contribution in [0.25, 0.3) is 10.9 Å². The Bertz CT molecular complexity index is 654. The summed E-state index contributed by atoms with van der Waals surface area (Å²) >= 11 is 0. The summed E-state index contributed by atoms with van der Waals surface area (Å²) in [7, 11) is 0. The number of aryl methyl sites for hydroxylation is 1. The van der Waals surface area contributed by atoms with Gasteiger partial charge in [-0.05, 0) is 37.0 Å². The van der Waals surface area contributed by atoms with E-state index in [1.54, 1.807) is 0 Å². The Kier molecular flexibility index (Phi) is 3.28. The summed E-state index contributed by atoms with van der Waals surface area (Å²) in [6, 6.07) is 6.78. The molecule has 3 nitrogen and oxygen atoms in total. The molecule has 1 amide bonds. The van der Waals surface area contributed by atoms with Crippen LogP contribution in [0.4, 0.5) is 0 Å². The number of fused-ring (bicyclic) bond motifs is 3. The summed E-state index contributed by atoms with van der Waals surface area (Å²) in [5.74, 6) is 0.591. The minimum Gasteiger partial charge on any atom is -0.358 e. The van der Waals surface area contributed by atoms with Crippen LogP contribution in [0.3, 0.4) is 0 Å². The van der Waals surface area contributed by atoms with Crippen molar-refractivity contribution in [3.05, 3.63) is 35.0 Å². The smallest absolute Gasteiger partial charge is 0.220 e. The van der Waals surface area contributed by atoms with Crippen molar-refractivity contribution >= 4 is 16.8 Å². The van der Waals surface area contributed by atoms with Crippen molar-refractivity contribution < 1.29 is 4.79 Å². The van der Waals surface area contributed by atoms with E-state index in [1.807, 2.05) is 0 Å². The molecule has 1 aliphatic rings. The molecule has 1 aromatic heterocycles. The van der Waals surface area contributed by atoms with Gasteiger partial charge in [-0.15, -0.1) is 0 Å². The number of aromatic nitrogens is 1. The molecule has 1 aliphatic carbocycles. The normalized spacial score (nSPS) is 17.7. The topological polar surface area (TPSA) is 44.9 Å². The standard InChI is InChI=1S/C17H22N2O/c1-10(2)6-17(20)18-12-8-14-13-7-11(3)4-5-15(13)19-16(14)9-12/h4-5,7,10,12,19H,6,8-9H2,1-3H3,(H,18,20). The SMILES string of the molecule is Cc1ccc2[nH]c3c(c2c1)CC(NC(=O)CC(C)C)C3. The number of H-pyrrole nitrogens is 1. The van der Waals surface area contributed by atoms with Crippen LogP contribution in [0, 0.1) is 12.8 Å². The van der Waals surface area contributed by atoms with Crippen LogP contribution in [-0.4, -0.2) is 16.9 Å². The minimum atomic E-state index is 0.177. The van der Waals surface area contributed by atoms with Gasteiger partial charge in [-0.25, -0.2) is 0 Å². The van der Waals surface area contributed by atoms with E-state index >= 15 is 0 Å². The Morgan fingerprint density at radius 1 is 1.40 bits per heavy atom. The number of hydrogen-bond donors (Lipinski definition) is 2. The zero-order chi connectivity index (χ0) is 14.3. The first-order chi connectivity index (χ1) is 9.52. The van der Waals surface area contributed by atoms with Gasteiger partial charge in [0.1, 0.15) is 0 Å². The molecular formula is C17H22N2O. The van der Waals surface area contributed by atoms with E-state index in [1.165, 1.54) is 27.7 Å². The Morgan fingerprint density at radius 3 is 2.95 bits per heavy atom. The lowest BCUT2D eigenvalue weighted by atomic mass is 10.1. The van der Waals surface area contributed by atoms with Crippen LogP contribution in [0.5, 0.6) is 0 Å². The van der Waals surface area contributed by atoms with Crippen molar-refractivity contribution in [3.8, 4) is 0 Å².